The van der Waals surface area contributed by atoms with Crippen molar-refractivity contribution >= 4 is 28.2 Å². The zero-order valence-corrected chi connectivity index (χ0v) is 18.5. The Morgan fingerprint density at radius 1 is 1.00 bits per heavy atom. The number of hydrogen-bond donors (Lipinski definition) is 2. The maximum atomic E-state index is 13.3. The van der Waals surface area contributed by atoms with Crippen LogP contribution in [0, 0.1) is 18.8 Å². The largest absolute Gasteiger partial charge is 0.366 e. The number of fused-ring (bicyclic) bond motifs is 1. The van der Waals surface area contributed by atoms with Crippen molar-refractivity contribution in [1.82, 2.24) is 5.16 Å². The van der Waals surface area contributed by atoms with Crippen LogP contribution in [0.2, 0.25) is 0 Å². The Bertz CT molecular complexity index is 1510. The first-order chi connectivity index (χ1) is 16.3. The first-order valence-electron chi connectivity index (χ1n) is 10.4. The minimum absolute atomic E-state index is 0.139. The fourth-order valence-corrected chi connectivity index (χ4v) is 3.42. The van der Waals surface area contributed by atoms with E-state index in [1.165, 1.54) is 43.3 Å². The van der Waals surface area contributed by atoms with Gasteiger partial charge in [-0.3, -0.25) is 9.59 Å². The highest BCUT2D eigenvalue weighted by Crippen LogP contribution is 2.25. The number of hydrogen-bond acceptors (Lipinski definition) is 6. The van der Waals surface area contributed by atoms with Gasteiger partial charge in [0.1, 0.15) is 0 Å². The van der Waals surface area contributed by atoms with Gasteiger partial charge in [-0.15, -0.1) is 0 Å². The minimum atomic E-state index is -2.22. The molecule has 0 spiro atoms. The summed E-state index contributed by atoms with van der Waals surface area (Å²) in [6.07, 6.45) is 0. The summed E-state index contributed by atoms with van der Waals surface area (Å²) in [5, 5.41) is 18.7. The summed E-state index contributed by atoms with van der Waals surface area (Å²) >= 11 is 0. The van der Waals surface area contributed by atoms with Gasteiger partial charge >= 0.3 is 5.63 Å². The van der Waals surface area contributed by atoms with Crippen LogP contribution in [0.4, 0.5) is 5.69 Å². The fourth-order valence-electron chi connectivity index (χ4n) is 3.42. The Labute approximate surface area is 195 Å². The number of Topliss-reactive ketones (excluding diaryl/α,β-unsaturated/α-hetero) is 1. The predicted octanol–water partition coefficient (Wildman–Crippen LogP) is 3.58. The van der Waals surface area contributed by atoms with Gasteiger partial charge in [-0.2, -0.15) is 0 Å². The molecule has 1 aromatic heterocycles. The van der Waals surface area contributed by atoms with Gasteiger partial charge in [0.15, 0.2) is 5.78 Å². The molecule has 0 saturated heterocycles. The zero-order valence-electron chi connectivity index (χ0n) is 18.5. The Morgan fingerprint density at radius 3 is 2.38 bits per heavy atom. The van der Waals surface area contributed by atoms with Gasteiger partial charge in [0, 0.05) is 27.8 Å². The number of anilines is 1. The monoisotopic (exact) mass is 452 g/mol. The van der Waals surface area contributed by atoms with Gasteiger partial charge in [-0.1, -0.05) is 53.5 Å². The van der Waals surface area contributed by atoms with Crippen LogP contribution in [0.3, 0.4) is 0 Å². The molecule has 7 nitrogen and oxygen atoms in total. The maximum absolute atomic E-state index is 13.3. The van der Waals surface area contributed by atoms with Crippen molar-refractivity contribution in [3.63, 3.8) is 0 Å². The average molecular weight is 452 g/mol. The Morgan fingerprint density at radius 2 is 1.71 bits per heavy atom. The highest BCUT2D eigenvalue weighted by Gasteiger charge is 2.36. The number of rotatable bonds is 4. The minimum Gasteiger partial charge on any atom is -0.366 e. The summed E-state index contributed by atoms with van der Waals surface area (Å²) in [4.78, 5) is 36.9. The Balaban J connectivity index is 1.75. The van der Waals surface area contributed by atoms with Crippen LogP contribution in [-0.2, 0) is 10.4 Å². The van der Waals surface area contributed by atoms with Crippen molar-refractivity contribution in [2.45, 2.75) is 19.4 Å². The third-order valence-corrected chi connectivity index (χ3v) is 5.35. The molecule has 0 aliphatic heterocycles. The molecule has 0 bridgehead atoms. The first kappa shape index (κ1) is 22.6. The smallest absolute Gasteiger partial charge is 0.366 e. The topological polar surface area (TPSA) is 110 Å². The molecule has 0 aliphatic rings. The molecule has 4 rings (SSSR count). The molecular formula is C27H20N2O5. The van der Waals surface area contributed by atoms with Crippen molar-refractivity contribution < 1.29 is 19.2 Å². The number of aryl methyl sites for hydroxylation is 1. The molecule has 0 fully saturated rings. The quantitative estimate of drug-likeness (QED) is 0.362. The molecule has 0 radical (unpaired) electrons. The number of aromatic nitrogens is 1. The van der Waals surface area contributed by atoms with E-state index in [1.807, 2.05) is 6.07 Å². The second-order valence-electron chi connectivity index (χ2n) is 7.73. The van der Waals surface area contributed by atoms with Crippen LogP contribution in [0.5, 0.6) is 0 Å². The number of carbonyl (C=O) groups is 2. The third-order valence-electron chi connectivity index (χ3n) is 5.35. The first-order valence-corrected chi connectivity index (χ1v) is 10.4. The van der Waals surface area contributed by atoms with Crippen molar-refractivity contribution in [3.05, 3.63) is 106 Å². The molecule has 1 heterocycles. The highest BCUT2D eigenvalue weighted by atomic mass is 16.5. The predicted molar refractivity (Wildman–Crippen MR) is 127 cm³/mol. The molecule has 168 valence electrons. The molecule has 34 heavy (non-hydrogen) atoms. The van der Waals surface area contributed by atoms with Crippen LogP contribution in [0.25, 0.3) is 10.8 Å². The van der Waals surface area contributed by atoms with Gasteiger partial charge in [0.25, 0.3) is 5.91 Å². The van der Waals surface area contributed by atoms with Crippen LogP contribution >= 0.6 is 0 Å². The lowest BCUT2D eigenvalue weighted by molar-refractivity contribution is -0.129. The summed E-state index contributed by atoms with van der Waals surface area (Å²) in [7, 11) is 0. The van der Waals surface area contributed by atoms with Gasteiger partial charge in [0.05, 0.1) is 11.1 Å². The number of aliphatic hydroxyl groups is 1. The van der Waals surface area contributed by atoms with E-state index in [9.17, 15) is 19.5 Å². The second kappa shape index (κ2) is 9.14. The van der Waals surface area contributed by atoms with Gasteiger partial charge < -0.3 is 14.9 Å². The normalized spacial score (nSPS) is 12.3. The standard InChI is InChI=1S/C27H20N2O5/c1-17-24-16-22(12-13-23(24)25(31)34-29-17)28-26(32)27(33,15-14-19-6-4-3-5-7-19)21-10-8-20(9-11-21)18(2)30/h3-13,16,33H,1-2H3,(H,28,32). The number of ketones is 1. The van der Waals surface area contributed by atoms with Crippen LogP contribution in [-0.4, -0.2) is 22.0 Å². The summed E-state index contributed by atoms with van der Waals surface area (Å²) in [6, 6.07) is 19.6. The molecule has 1 unspecified atom stereocenters. The number of amides is 1. The lowest BCUT2D eigenvalue weighted by atomic mass is 9.91. The summed E-state index contributed by atoms with van der Waals surface area (Å²) in [5.74, 6) is 4.60. The van der Waals surface area contributed by atoms with Crippen molar-refractivity contribution in [1.29, 1.82) is 0 Å². The molecule has 1 atom stereocenters. The summed E-state index contributed by atoms with van der Waals surface area (Å²) in [5.41, 5.74) is -0.722. The second-order valence-corrected chi connectivity index (χ2v) is 7.73. The van der Waals surface area contributed by atoms with Crippen molar-refractivity contribution in [2.24, 2.45) is 0 Å². The van der Waals surface area contributed by atoms with Gasteiger partial charge in [-0.25, -0.2) is 4.79 Å². The maximum Gasteiger partial charge on any atom is 0.366 e. The fraction of sp³-hybridized carbons (Fsp3) is 0.111. The van der Waals surface area contributed by atoms with E-state index in [4.69, 9.17) is 4.52 Å². The number of nitrogens with zero attached hydrogens (tertiary/aromatic N) is 1. The third kappa shape index (κ3) is 4.49. The number of carbonyl (C=O) groups excluding carboxylic acids is 2. The molecule has 4 aromatic rings. The molecule has 1 amide bonds. The van der Waals surface area contributed by atoms with E-state index in [-0.39, 0.29) is 11.3 Å². The van der Waals surface area contributed by atoms with Crippen molar-refractivity contribution in [3.8, 4) is 11.8 Å². The van der Waals surface area contributed by atoms with E-state index in [0.29, 0.717) is 33.3 Å². The molecule has 0 aliphatic carbocycles. The zero-order chi connectivity index (χ0) is 24.3. The van der Waals surface area contributed by atoms with E-state index >= 15 is 0 Å². The Kier molecular flexibility index (Phi) is 6.09. The number of benzene rings is 3. The number of nitrogens with one attached hydrogen (secondary N) is 1. The van der Waals surface area contributed by atoms with E-state index in [2.05, 4.69) is 22.3 Å². The molecule has 0 saturated carbocycles. The summed E-state index contributed by atoms with van der Waals surface area (Å²) in [6.45, 7) is 3.11. The molecular weight excluding hydrogens is 432 g/mol. The van der Waals surface area contributed by atoms with Crippen LogP contribution < -0.4 is 10.9 Å². The molecule has 3 aromatic carbocycles. The van der Waals surface area contributed by atoms with E-state index in [1.54, 1.807) is 37.3 Å². The highest BCUT2D eigenvalue weighted by molar-refractivity contribution is 6.02. The Hall–Kier alpha value is -4.54. The van der Waals surface area contributed by atoms with Gasteiger partial charge in [-0.05, 0) is 50.1 Å². The summed E-state index contributed by atoms with van der Waals surface area (Å²) < 4.78 is 4.73. The van der Waals surface area contributed by atoms with Crippen LogP contribution in [0.1, 0.15) is 34.1 Å². The van der Waals surface area contributed by atoms with E-state index in [0.717, 1.165) is 0 Å². The lowest BCUT2D eigenvalue weighted by Crippen LogP contribution is -2.39. The average Bonchev–Trinajstić information content (AvgIpc) is 2.85. The van der Waals surface area contributed by atoms with Crippen LogP contribution in [0.15, 0.2) is 82.1 Å². The van der Waals surface area contributed by atoms with Gasteiger partial charge in [0.2, 0.25) is 5.60 Å². The SMILES string of the molecule is CC(=O)c1ccc(C(O)(C#Cc2ccccc2)C(=O)Nc2ccc3c(=O)onc(C)c3c2)cc1. The van der Waals surface area contributed by atoms with Crippen molar-refractivity contribution in [2.75, 3.05) is 5.32 Å². The lowest BCUT2D eigenvalue weighted by Gasteiger charge is -2.22. The molecule has 7 heteroatoms. The molecule has 2 N–H and O–H groups in total. The van der Waals surface area contributed by atoms with E-state index < -0.39 is 17.1 Å².